The van der Waals surface area contributed by atoms with Crippen LogP contribution in [0.15, 0.2) is 45.9 Å². The molecule has 1 aliphatic rings. The Morgan fingerprint density at radius 2 is 1.91 bits per heavy atom. The lowest BCUT2D eigenvalue weighted by Gasteiger charge is -2.21. The first-order chi connectivity index (χ1) is 10.1. The third-order valence-corrected chi connectivity index (χ3v) is 5.57. The lowest BCUT2D eigenvalue weighted by atomic mass is 9.92. The van der Waals surface area contributed by atoms with Gasteiger partial charge in [0.05, 0.1) is 0 Å². The molecule has 0 fully saturated rings. The minimum atomic E-state index is -0.231. The van der Waals surface area contributed by atoms with E-state index in [2.05, 4.69) is 24.2 Å². The molecule has 0 aliphatic carbocycles. The fraction of sp³-hybridized carbons (Fsp3) is 0.235. The standard InChI is InChI=1S/C17H15ClFNS.ClH/c1-10-9-21-17(11(10)2)14-7-16(20-8-15(14)18)12-3-5-13(19)6-4-12;/h3-6,8-9,14H,7H2,1-2H3;1H. The number of rotatable bonds is 2. The molecule has 1 aliphatic heterocycles. The number of aliphatic imine (C=N–C) groups is 1. The zero-order chi connectivity index (χ0) is 15.0. The summed E-state index contributed by atoms with van der Waals surface area (Å²) in [5.41, 5.74) is 4.50. The fourth-order valence-electron chi connectivity index (χ4n) is 2.49. The highest BCUT2D eigenvalue weighted by Gasteiger charge is 2.25. The van der Waals surface area contributed by atoms with Crippen LogP contribution in [0.3, 0.4) is 0 Å². The van der Waals surface area contributed by atoms with E-state index < -0.39 is 0 Å². The molecular weight excluding hydrogens is 340 g/mol. The Balaban J connectivity index is 0.00000176. The first kappa shape index (κ1) is 17.2. The van der Waals surface area contributed by atoms with Crippen LogP contribution in [-0.4, -0.2) is 5.71 Å². The molecule has 1 nitrogen and oxygen atoms in total. The van der Waals surface area contributed by atoms with Crippen LogP contribution in [-0.2, 0) is 0 Å². The number of aryl methyl sites for hydroxylation is 1. The zero-order valence-electron chi connectivity index (χ0n) is 12.3. The molecule has 0 N–H and O–H groups in total. The quantitative estimate of drug-likeness (QED) is 0.627. The highest BCUT2D eigenvalue weighted by atomic mass is 35.5. The minimum Gasteiger partial charge on any atom is -0.259 e. The summed E-state index contributed by atoms with van der Waals surface area (Å²) in [4.78, 5) is 5.72. The molecule has 0 saturated heterocycles. The maximum atomic E-state index is 13.0. The van der Waals surface area contributed by atoms with E-state index in [9.17, 15) is 4.39 Å². The van der Waals surface area contributed by atoms with Crippen molar-refractivity contribution >= 4 is 41.1 Å². The number of allylic oxidation sites excluding steroid dienone is 1. The molecular formula is C17H16Cl2FNS. The second-order valence-electron chi connectivity index (χ2n) is 5.26. The van der Waals surface area contributed by atoms with Crippen molar-refractivity contribution in [2.75, 3.05) is 0 Å². The van der Waals surface area contributed by atoms with Crippen LogP contribution in [0.1, 0.15) is 33.9 Å². The summed E-state index contributed by atoms with van der Waals surface area (Å²) < 4.78 is 13.0. The van der Waals surface area contributed by atoms with E-state index in [1.807, 2.05) is 0 Å². The number of halogens is 3. The van der Waals surface area contributed by atoms with Crippen molar-refractivity contribution in [3.8, 4) is 0 Å². The minimum absolute atomic E-state index is 0. The first-order valence-corrected chi connectivity index (χ1v) is 8.05. The van der Waals surface area contributed by atoms with E-state index in [1.54, 1.807) is 29.7 Å². The highest BCUT2D eigenvalue weighted by molar-refractivity contribution is 7.10. The smallest absolute Gasteiger partial charge is 0.123 e. The third-order valence-electron chi connectivity index (χ3n) is 3.89. The van der Waals surface area contributed by atoms with Gasteiger partial charge in [-0.3, -0.25) is 4.99 Å². The number of benzene rings is 1. The summed E-state index contributed by atoms with van der Waals surface area (Å²) in [7, 11) is 0. The summed E-state index contributed by atoms with van der Waals surface area (Å²) in [5.74, 6) is -0.0760. The van der Waals surface area contributed by atoms with Crippen LogP contribution in [0.2, 0.25) is 0 Å². The number of nitrogens with zero attached hydrogens (tertiary/aromatic N) is 1. The number of hydrogen-bond donors (Lipinski definition) is 0. The molecule has 2 aromatic rings. The molecule has 1 aromatic heterocycles. The van der Waals surface area contributed by atoms with Crippen molar-refractivity contribution in [2.45, 2.75) is 26.2 Å². The molecule has 0 amide bonds. The largest absolute Gasteiger partial charge is 0.259 e. The molecule has 116 valence electrons. The summed E-state index contributed by atoms with van der Waals surface area (Å²) in [6, 6.07) is 6.47. The van der Waals surface area contributed by atoms with Crippen molar-refractivity contribution < 1.29 is 4.39 Å². The Morgan fingerprint density at radius 1 is 1.23 bits per heavy atom. The summed E-state index contributed by atoms with van der Waals surface area (Å²) in [6.07, 6.45) is 2.48. The summed E-state index contributed by atoms with van der Waals surface area (Å²) in [5, 5.41) is 2.93. The van der Waals surface area contributed by atoms with E-state index in [1.165, 1.54) is 28.1 Å². The molecule has 1 unspecified atom stereocenters. The van der Waals surface area contributed by atoms with Gasteiger partial charge >= 0.3 is 0 Å². The average molecular weight is 356 g/mol. The number of hydrogen-bond acceptors (Lipinski definition) is 2. The van der Waals surface area contributed by atoms with Crippen LogP contribution in [0, 0.1) is 19.7 Å². The molecule has 22 heavy (non-hydrogen) atoms. The third kappa shape index (κ3) is 3.27. The van der Waals surface area contributed by atoms with Gasteiger partial charge in [0.1, 0.15) is 5.82 Å². The van der Waals surface area contributed by atoms with Crippen molar-refractivity contribution in [3.63, 3.8) is 0 Å². The summed E-state index contributed by atoms with van der Waals surface area (Å²) in [6.45, 7) is 4.25. The summed E-state index contributed by atoms with van der Waals surface area (Å²) >= 11 is 8.12. The van der Waals surface area contributed by atoms with Crippen molar-refractivity contribution in [2.24, 2.45) is 4.99 Å². The van der Waals surface area contributed by atoms with Crippen LogP contribution < -0.4 is 0 Å². The van der Waals surface area contributed by atoms with Gasteiger partial charge in [-0.25, -0.2) is 4.39 Å². The van der Waals surface area contributed by atoms with Gasteiger partial charge in [0.2, 0.25) is 0 Å². The van der Waals surface area contributed by atoms with Crippen LogP contribution in [0.5, 0.6) is 0 Å². The van der Waals surface area contributed by atoms with Crippen LogP contribution in [0.25, 0.3) is 0 Å². The van der Waals surface area contributed by atoms with Crippen molar-refractivity contribution in [1.29, 1.82) is 0 Å². The number of thiophene rings is 1. The maximum Gasteiger partial charge on any atom is 0.123 e. The van der Waals surface area contributed by atoms with Crippen molar-refractivity contribution in [3.05, 3.63) is 68.3 Å². The van der Waals surface area contributed by atoms with Gasteiger partial charge in [0.25, 0.3) is 0 Å². The molecule has 0 bridgehead atoms. The Kier molecular flexibility index (Phi) is 5.43. The zero-order valence-corrected chi connectivity index (χ0v) is 14.7. The average Bonchev–Trinajstić information content (AvgIpc) is 2.81. The predicted molar refractivity (Wildman–Crippen MR) is 95.3 cm³/mol. The molecule has 0 radical (unpaired) electrons. The Labute approximate surface area is 145 Å². The predicted octanol–water partition coefficient (Wildman–Crippen LogP) is 5.98. The normalized spacial score (nSPS) is 17.5. The lowest BCUT2D eigenvalue weighted by molar-refractivity contribution is 0.627. The van der Waals surface area contributed by atoms with Crippen molar-refractivity contribution in [1.82, 2.24) is 0 Å². The lowest BCUT2D eigenvalue weighted by Crippen LogP contribution is -2.12. The second kappa shape index (κ2) is 6.95. The van der Waals surface area contributed by atoms with E-state index in [-0.39, 0.29) is 24.1 Å². The van der Waals surface area contributed by atoms with Gasteiger partial charge in [-0.2, -0.15) is 0 Å². The fourth-order valence-corrected chi connectivity index (χ4v) is 3.98. The van der Waals surface area contributed by atoms with Gasteiger partial charge in [0, 0.05) is 34.2 Å². The Morgan fingerprint density at radius 3 is 2.50 bits per heavy atom. The van der Waals surface area contributed by atoms with Gasteiger partial charge < -0.3 is 0 Å². The molecule has 1 atom stereocenters. The van der Waals surface area contributed by atoms with Gasteiger partial charge in [-0.1, -0.05) is 23.7 Å². The van der Waals surface area contributed by atoms with Gasteiger partial charge in [-0.15, -0.1) is 23.7 Å². The maximum absolute atomic E-state index is 13.0. The van der Waals surface area contributed by atoms with Gasteiger partial charge in [0.15, 0.2) is 0 Å². The Hall–Kier alpha value is -1.16. The van der Waals surface area contributed by atoms with E-state index >= 15 is 0 Å². The molecule has 1 aromatic carbocycles. The highest BCUT2D eigenvalue weighted by Crippen LogP contribution is 2.40. The molecule has 5 heteroatoms. The van der Waals surface area contributed by atoms with E-state index in [4.69, 9.17) is 11.6 Å². The van der Waals surface area contributed by atoms with E-state index in [0.717, 1.165) is 22.7 Å². The SMILES string of the molecule is Cc1csc(C2CC(c3ccc(F)cc3)=NC=C2Cl)c1C.Cl. The molecule has 3 rings (SSSR count). The first-order valence-electron chi connectivity index (χ1n) is 6.79. The molecule has 0 saturated carbocycles. The monoisotopic (exact) mass is 355 g/mol. The Bertz CT molecular complexity index is 732. The molecule has 2 heterocycles. The second-order valence-corrected chi connectivity index (χ2v) is 6.61. The van der Waals surface area contributed by atoms with Crippen LogP contribution in [0.4, 0.5) is 4.39 Å². The topological polar surface area (TPSA) is 12.4 Å². The van der Waals surface area contributed by atoms with E-state index in [0.29, 0.717) is 0 Å². The van der Waals surface area contributed by atoms with Crippen LogP contribution >= 0.6 is 35.3 Å². The molecule has 0 spiro atoms. The van der Waals surface area contributed by atoms with Gasteiger partial charge in [-0.05, 0) is 48.1 Å².